The summed E-state index contributed by atoms with van der Waals surface area (Å²) in [6.07, 6.45) is 10.1. The smallest absolute Gasteiger partial charge is 0.340 e. The van der Waals surface area contributed by atoms with Gasteiger partial charge in [0.2, 0.25) is 0 Å². The first-order chi connectivity index (χ1) is 11.1. The van der Waals surface area contributed by atoms with Gasteiger partial charge in [-0.25, -0.2) is 4.79 Å². The van der Waals surface area contributed by atoms with Crippen molar-refractivity contribution in [3.05, 3.63) is 28.5 Å². The maximum atomic E-state index is 12.5. The van der Waals surface area contributed by atoms with E-state index in [1.165, 1.54) is 31.9 Å². The summed E-state index contributed by atoms with van der Waals surface area (Å²) in [5.74, 6) is 0.0497. The van der Waals surface area contributed by atoms with Crippen molar-refractivity contribution in [3.8, 4) is 0 Å². The highest BCUT2D eigenvalue weighted by molar-refractivity contribution is 9.10. The minimum Gasteiger partial charge on any atom is -0.452 e. The highest BCUT2D eigenvalue weighted by Crippen LogP contribution is 2.35. The van der Waals surface area contributed by atoms with Gasteiger partial charge in [0.1, 0.15) is 0 Å². The first-order valence-corrected chi connectivity index (χ1v) is 9.01. The van der Waals surface area contributed by atoms with Crippen LogP contribution in [0.1, 0.15) is 48.9 Å². The molecule has 6 heteroatoms. The fourth-order valence-electron chi connectivity index (χ4n) is 3.75. The van der Waals surface area contributed by atoms with E-state index in [4.69, 9.17) is 4.74 Å². The molecule has 0 aromatic carbocycles. The molecule has 1 saturated heterocycles. The van der Waals surface area contributed by atoms with Crippen molar-refractivity contribution in [2.45, 2.75) is 44.6 Å². The molecule has 1 aromatic heterocycles. The zero-order valence-corrected chi connectivity index (χ0v) is 14.6. The number of aromatic nitrogens is 1. The number of fused-ring (bicyclic) bond motifs is 1. The second-order valence-corrected chi connectivity index (χ2v) is 7.22. The fraction of sp³-hybridized carbons (Fsp3) is 0.588. The highest BCUT2D eigenvalue weighted by Gasteiger charge is 2.35. The summed E-state index contributed by atoms with van der Waals surface area (Å²) in [7, 11) is 0. The van der Waals surface area contributed by atoms with Crippen LogP contribution in [-0.4, -0.2) is 41.0 Å². The van der Waals surface area contributed by atoms with Gasteiger partial charge in [0.15, 0.2) is 6.61 Å². The van der Waals surface area contributed by atoms with Crippen molar-refractivity contribution in [1.82, 2.24) is 9.88 Å². The van der Waals surface area contributed by atoms with Crippen molar-refractivity contribution in [2.24, 2.45) is 5.92 Å². The Morgan fingerprint density at radius 3 is 2.83 bits per heavy atom. The maximum Gasteiger partial charge on any atom is 0.340 e. The van der Waals surface area contributed by atoms with Gasteiger partial charge in [-0.1, -0.05) is 12.8 Å². The summed E-state index contributed by atoms with van der Waals surface area (Å²) in [6, 6.07) is 1.98. The third-order valence-corrected chi connectivity index (χ3v) is 5.26. The van der Waals surface area contributed by atoms with Gasteiger partial charge >= 0.3 is 5.97 Å². The predicted octanol–water partition coefficient (Wildman–Crippen LogP) is 3.18. The number of hydrogen-bond donors (Lipinski definition) is 0. The zero-order valence-electron chi connectivity index (χ0n) is 13.0. The molecule has 2 fully saturated rings. The van der Waals surface area contributed by atoms with Crippen LogP contribution < -0.4 is 0 Å². The number of likely N-dealkylation sites (tertiary alicyclic amines) is 1. The number of rotatable bonds is 3. The van der Waals surface area contributed by atoms with Gasteiger partial charge in [0.05, 0.1) is 5.56 Å². The average molecular weight is 381 g/mol. The number of pyridine rings is 1. The Balaban J connectivity index is 1.57. The number of esters is 1. The Hall–Kier alpha value is -1.43. The summed E-state index contributed by atoms with van der Waals surface area (Å²) >= 11 is 3.27. The molecule has 0 bridgehead atoms. The lowest BCUT2D eigenvalue weighted by molar-refractivity contribution is -0.140. The predicted molar refractivity (Wildman–Crippen MR) is 88.9 cm³/mol. The van der Waals surface area contributed by atoms with Crippen molar-refractivity contribution in [2.75, 3.05) is 13.2 Å². The molecule has 3 rings (SSSR count). The molecular weight excluding hydrogens is 360 g/mol. The summed E-state index contributed by atoms with van der Waals surface area (Å²) in [5, 5.41) is 0. The van der Waals surface area contributed by atoms with Crippen molar-refractivity contribution in [3.63, 3.8) is 0 Å². The van der Waals surface area contributed by atoms with Gasteiger partial charge in [-0.05, 0) is 53.6 Å². The fourth-order valence-corrected chi connectivity index (χ4v) is 4.12. The second-order valence-electron chi connectivity index (χ2n) is 6.31. The Bertz CT molecular complexity index is 591. The molecule has 1 amide bonds. The monoisotopic (exact) mass is 380 g/mol. The van der Waals surface area contributed by atoms with Crippen LogP contribution in [0.2, 0.25) is 0 Å². The van der Waals surface area contributed by atoms with Crippen LogP contribution in [-0.2, 0) is 9.53 Å². The van der Waals surface area contributed by atoms with Crippen LogP contribution in [0, 0.1) is 5.92 Å². The molecule has 1 aliphatic heterocycles. The third-order valence-electron chi connectivity index (χ3n) is 4.83. The lowest BCUT2D eigenvalue weighted by Crippen LogP contribution is -2.50. The van der Waals surface area contributed by atoms with Gasteiger partial charge in [-0.15, -0.1) is 0 Å². The van der Waals surface area contributed by atoms with Crippen LogP contribution in [0.25, 0.3) is 0 Å². The molecule has 1 saturated carbocycles. The van der Waals surface area contributed by atoms with E-state index >= 15 is 0 Å². The average Bonchev–Trinajstić information content (AvgIpc) is 2.59. The molecule has 0 N–H and O–H groups in total. The molecular formula is C17H21BrN2O3. The van der Waals surface area contributed by atoms with Gasteiger partial charge < -0.3 is 9.64 Å². The lowest BCUT2D eigenvalue weighted by Gasteiger charge is -2.44. The van der Waals surface area contributed by atoms with E-state index in [9.17, 15) is 9.59 Å². The van der Waals surface area contributed by atoms with Crippen LogP contribution in [0.5, 0.6) is 0 Å². The SMILES string of the molecule is O=C(OCC(=O)N1CCC[C@H]2CCCC[C@H]21)c1cncc(Br)c1. The van der Waals surface area contributed by atoms with E-state index < -0.39 is 5.97 Å². The minimum absolute atomic E-state index is 0.0714. The molecule has 2 aliphatic rings. The summed E-state index contributed by atoms with van der Waals surface area (Å²) in [4.78, 5) is 30.4. The molecule has 124 valence electrons. The first kappa shape index (κ1) is 16.4. The molecule has 23 heavy (non-hydrogen) atoms. The third kappa shape index (κ3) is 3.91. The van der Waals surface area contributed by atoms with E-state index in [2.05, 4.69) is 20.9 Å². The number of carbonyl (C=O) groups is 2. The second kappa shape index (κ2) is 7.43. The number of hydrogen-bond acceptors (Lipinski definition) is 4. The molecule has 2 heterocycles. The Kier molecular flexibility index (Phi) is 5.30. The van der Waals surface area contributed by atoms with Crippen molar-refractivity contribution in [1.29, 1.82) is 0 Å². The topological polar surface area (TPSA) is 59.5 Å². The van der Waals surface area contributed by atoms with Gasteiger partial charge in [0, 0.05) is 29.5 Å². The van der Waals surface area contributed by atoms with Crippen molar-refractivity contribution >= 4 is 27.8 Å². The number of piperidine rings is 1. The molecule has 1 aliphatic carbocycles. The lowest BCUT2D eigenvalue weighted by atomic mass is 9.78. The van der Waals surface area contributed by atoms with Crippen LogP contribution in [0.3, 0.4) is 0 Å². The Labute approximate surface area is 144 Å². The molecule has 1 aromatic rings. The maximum absolute atomic E-state index is 12.5. The standard InChI is InChI=1S/C17H21BrN2O3/c18-14-8-13(9-19-10-14)17(22)23-11-16(21)20-7-3-5-12-4-1-2-6-15(12)20/h8-10,12,15H,1-7,11H2/t12-,15-/m1/s1. The summed E-state index contributed by atoms with van der Waals surface area (Å²) in [5.41, 5.74) is 0.348. The number of amides is 1. The quantitative estimate of drug-likeness (QED) is 0.755. The molecule has 2 atom stereocenters. The highest BCUT2D eigenvalue weighted by atomic mass is 79.9. The largest absolute Gasteiger partial charge is 0.452 e. The van der Waals surface area contributed by atoms with E-state index in [0.717, 1.165) is 19.4 Å². The van der Waals surface area contributed by atoms with Gasteiger partial charge in [-0.2, -0.15) is 0 Å². The minimum atomic E-state index is -0.510. The molecule has 0 spiro atoms. The zero-order chi connectivity index (χ0) is 16.2. The number of carbonyl (C=O) groups excluding carboxylic acids is 2. The summed E-state index contributed by atoms with van der Waals surface area (Å²) < 4.78 is 5.89. The van der Waals surface area contributed by atoms with Crippen LogP contribution in [0.4, 0.5) is 0 Å². The molecule has 0 radical (unpaired) electrons. The van der Waals surface area contributed by atoms with E-state index in [-0.39, 0.29) is 12.5 Å². The Morgan fingerprint density at radius 2 is 2.00 bits per heavy atom. The van der Waals surface area contributed by atoms with Crippen LogP contribution >= 0.6 is 15.9 Å². The first-order valence-electron chi connectivity index (χ1n) is 8.22. The number of halogens is 1. The van der Waals surface area contributed by atoms with E-state index in [1.807, 2.05) is 4.90 Å². The number of nitrogens with zero attached hydrogens (tertiary/aromatic N) is 2. The molecule has 5 nitrogen and oxygen atoms in total. The van der Waals surface area contributed by atoms with E-state index in [0.29, 0.717) is 22.0 Å². The Morgan fingerprint density at radius 1 is 1.22 bits per heavy atom. The van der Waals surface area contributed by atoms with Gasteiger partial charge in [0.25, 0.3) is 5.91 Å². The van der Waals surface area contributed by atoms with Crippen molar-refractivity contribution < 1.29 is 14.3 Å². The molecule has 0 unspecified atom stereocenters. The van der Waals surface area contributed by atoms with E-state index in [1.54, 1.807) is 12.3 Å². The van der Waals surface area contributed by atoms with Crippen LogP contribution in [0.15, 0.2) is 22.9 Å². The van der Waals surface area contributed by atoms with Gasteiger partial charge in [-0.3, -0.25) is 9.78 Å². The normalized spacial score (nSPS) is 24.0. The number of ether oxygens (including phenoxy) is 1. The summed E-state index contributed by atoms with van der Waals surface area (Å²) in [6.45, 7) is 0.602.